The topological polar surface area (TPSA) is 32.3 Å². The third kappa shape index (κ3) is 4.20. The van der Waals surface area contributed by atoms with Gasteiger partial charge in [0, 0.05) is 31.6 Å². The van der Waals surface area contributed by atoms with Crippen molar-refractivity contribution >= 4 is 5.91 Å². The maximum Gasteiger partial charge on any atom is 0.222 e. The number of piperidine rings is 1. The minimum Gasteiger partial charge on any atom is -0.341 e. The fourth-order valence-corrected chi connectivity index (χ4v) is 3.65. The van der Waals surface area contributed by atoms with Gasteiger partial charge in [0.25, 0.3) is 0 Å². The Bertz CT molecular complexity index is 286. The molecule has 2 rings (SSSR count). The summed E-state index contributed by atoms with van der Waals surface area (Å²) in [4.78, 5) is 14.1. The van der Waals surface area contributed by atoms with Crippen LogP contribution in [-0.4, -0.2) is 36.0 Å². The number of hydrogen-bond donors (Lipinski definition) is 1. The lowest BCUT2D eigenvalue weighted by Crippen LogP contribution is -2.53. The zero-order valence-corrected chi connectivity index (χ0v) is 12.7. The molecule has 1 heterocycles. The van der Waals surface area contributed by atoms with Crippen molar-refractivity contribution in [2.75, 3.05) is 13.1 Å². The Labute approximate surface area is 118 Å². The number of rotatable bonds is 4. The highest BCUT2D eigenvalue weighted by molar-refractivity contribution is 5.76. The molecule has 2 aliphatic rings. The van der Waals surface area contributed by atoms with Gasteiger partial charge in [-0.15, -0.1) is 0 Å². The van der Waals surface area contributed by atoms with E-state index in [4.69, 9.17) is 0 Å². The first kappa shape index (κ1) is 14.8. The quantitative estimate of drug-likeness (QED) is 0.848. The fourth-order valence-electron chi connectivity index (χ4n) is 3.65. The van der Waals surface area contributed by atoms with Crippen molar-refractivity contribution in [3.8, 4) is 0 Å². The van der Waals surface area contributed by atoms with Crippen LogP contribution in [0.1, 0.15) is 65.2 Å². The van der Waals surface area contributed by atoms with Crippen LogP contribution in [-0.2, 0) is 4.79 Å². The van der Waals surface area contributed by atoms with E-state index < -0.39 is 0 Å². The molecule has 0 aromatic heterocycles. The van der Waals surface area contributed by atoms with Gasteiger partial charge in [0.05, 0.1) is 0 Å². The average Bonchev–Trinajstić information content (AvgIpc) is 2.47. The summed E-state index contributed by atoms with van der Waals surface area (Å²) in [5.41, 5.74) is 0. The Hall–Kier alpha value is -0.570. The van der Waals surface area contributed by atoms with Crippen LogP contribution in [0.5, 0.6) is 0 Å². The van der Waals surface area contributed by atoms with Crippen molar-refractivity contribution in [1.82, 2.24) is 10.2 Å². The van der Waals surface area contributed by atoms with Crippen LogP contribution in [0.2, 0.25) is 0 Å². The minimum absolute atomic E-state index is 0.327. The lowest BCUT2D eigenvalue weighted by molar-refractivity contribution is -0.133. The molecule has 1 aliphatic carbocycles. The highest BCUT2D eigenvalue weighted by Crippen LogP contribution is 2.23. The SMILES string of the molecule is CCC(=O)N1CC(CC)CC(NC2CCCCC2)C1. The van der Waals surface area contributed by atoms with Gasteiger partial charge in [0.1, 0.15) is 0 Å². The maximum atomic E-state index is 12.0. The van der Waals surface area contributed by atoms with Crippen LogP contribution in [0.25, 0.3) is 0 Å². The summed E-state index contributed by atoms with van der Waals surface area (Å²) in [6.07, 6.45) is 9.90. The number of nitrogens with one attached hydrogen (secondary N) is 1. The van der Waals surface area contributed by atoms with E-state index >= 15 is 0 Å². The van der Waals surface area contributed by atoms with Gasteiger partial charge >= 0.3 is 0 Å². The number of carbonyl (C=O) groups is 1. The van der Waals surface area contributed by atoms with E-state index in [-0.39, 0.29) is 0 Å². The Kier molecular flexibility index (Phi) is 5.68. The van der Waals surface area contributed by atoms with Crippen LogP contribution in [0.4, 0.5) is 0 Å². The summed E-state index contributed by atoms with van der Waals surface area (Å²) >= 11 is 0. The number of nitrogens with zero attached hydrogens (tertiary/aromatic N) is 1. The van der Waals surface area contributed by atoms with Crippen molar-refractivity contribution in [3.63, 3.8) is 0 Å². The molecule has 2 fully saturated rings. The van der Waals surface area contributed by atoms with E-state index in [0.717, 1.165) is 13.1 Å². The summed E-state index contributed by atoms with van der Waals surface area (Å²) < 4.78 is 0. The number of amides is 1. The number of hydrogen-bond acceptors (Lipinski definition) is 2. The van der Waals surface area contributed by atoms with E-state index in [1.807, 2.05) is 6.92 Å². The summed E-state index contributed by atoms with van der Waals surface area (Å²) in [6.45, 7) is 6.13. The van der Waals surface area contributed by atoms with Gasteiger partial charge in [-0.25, -0.2) is 0 Å². The van der Waals surface area contributed by atoms with Gasteiger partial charge in [0.15, 0.2) is 0 Å². The molecule has 3 heteroatoms. The van der Waals surface area contributed by atoms with E-state index in [1.54, 1.807) is 0 Å². The second-order valence-corrected chi connectivity index (χ2v) is 6.36. The predicted octanol–water partition coefficient (Wildman–Crippen LogP) is 2.95. The molecule has 110 valence electrons. The van der Waals surface area contributed by atoms with E-state index in [2.05, 4.69) is 17.1 Å². The molecular formula is C16H30N2O. The lowest BCUT2D eigenvalue weighted by Gasteiger charge is -2.40. The molecule has 1 saturated heterocycles. The minimum atomic E-state index is 0.327. The Morgan fingerprint density at radius 2 is 1.84 bits per heavy atom. The lowest BCUT2D eigenvalue weighted by atomic mass is 9.89. The van der Waals surface area contributed by atoms with Crippen LogP contribution >= 0.6 is 0 Å². The molecule has 0 bridgehead atoms. The van der Waals surface area contributed by atoms with Crippen LogP contribution < -0.4 is 5.32 Å². The Morgan fingerprint density at radius 3 is 2.47 bits per heavy atom. The predicted molar refractivity (Wildman–Crippen MR) is 79.1 cm³/mol. The summed E-state index contributed by atoms with van der Waals surface area (Å²) in [7, 11) is 0. The molecule has 3 nitrogen and oxygen atoms in total. The molecule has 1 aliphatic heterocycles. The molecule has 0 aromatic carbocycles. The van der Waals surface area contributed by atoms with Crippen molar-refractivity contribution in [2.45, 2.75) is 77.3 Å². The zero-order valence-electron chi connectivity index (χ0n) is 12.7. The normalized spacial score (nSPS) is 29.5. The zero-order chi connectivity index (χ0) is 13.7. The second-order valence-electron chi connectivity index (χ2n) is 6.36. The van der Waals surface area contributed by atoms with Crippen molar-refractivity contribution in [2.24, 2.45) is 5.92 Å². The maximum absolute atomic E-state index is 12.0. The van der Waals surface area contributed by atoms with Crippen molar-refractivity contribution in [3.05, 3.63) is 0 Å². The molecule has 0 spiro atoms. The first-order chi connectivity index (χ1) is 9.22. The first-order valence-corrected chi connectivity index (χ1v) is 8.26. The first-order valence-electron chi connectivity index (χ1n) is 8.26. The highest BCUT2D eigenvalue weighted by Gasteiger charge is 2.29. The Balaban J connectivity index is 1.89. The van der Waals surface area contributed by atoms with Crippen molar-refractivity contribution in [1.29, 1.82) is 0 Å². The smallest absolute Gasteiger partial charge is 0.222 e. The third-order valence-electron chi connectivity index (χ3n) is 4.85. The van der Waals surface area contributed by atoms with Crippen LogP contribution in [0.3, 0.4) is 0 Å². The van der Waals surface area contributed by atoms with E-state index in [0.29, 0.717) is 30.3 Å². The Morgan fingerprint density at radius 1 is 1.11 bits per heavy atom. The standard InChI is InChI=1S/C16H30N2O/c1-3-13-10-15(12-18(11-13)16(19)4-2)17-14-8-6-5-7-9-14/h13-15,17H,3-12H2,1-2H3. The van der Waals surface area contributed by atoms with Gasteiger partial charge in [-0.3, -0.25) is 4.79 Å². The summed E-state index contributed by atoms with van der Waals surface area (Å²) in [5.74, 6) is 1.01. The van der Waals surface area contributed by atoms with E-state index in [1.165, 1.54) is 44.9 Å². The largest absolute Gasteiger partial charge is 0.341 e. The highest BCUT2D eigenvalue weighted by atomic mass is 16.2. The number of likely N-dealkylation sites (tertiary alicyclic amines) is 1. The molecule has 2 atom stereocenters. The summed E-state index contributed by atoms with van der Waals surface area (Å²) in [6, 6.07) is 1.23. The van der Waals surface area contributed by atoms with Crippen LogP contribution in [0.15, 0.2) is 0 Å². The molecule has 0 aromatic rings. The molecule has 1 amide bonds. The third-order valence-corrected chi connectivity index (χ3v) is 4.85. The fraction of sp³-hybridized carbons (Fsp3) is 0.938. The van der Waals surface area contributed by atoms with Crippen LogP contribution in [0, 0.1) is 5.92 Å². The molecular weight excluding hydrogens is 236 g/mol. The van der Waals surface area contributed by atoms with Gasteiger partial charge in [-0.2, -0.15) is 0 Å². The number of carbonyl (C=O) groups excluding carboxylic acids is 1. The van der Waals surface area contributed by atoms with Gasteiger partial charge in [-0.1, -0.05) is 39.5 Å². The average molecular weight is 266 g/mol. The second kappa shape index (κ2) is 7.28. The molecule has 19 heavy (non-hydrogen) atoms. The van der Waals surface area contributed by atoms with Gasteiger partial charge in [0.2, 0.25) is 5.91 Å². The van der Waals surface area contributed by atoms with Gasteiger partial charge < -0.3 is 10.2 Å². The molecule has 1 N–H and O–H groups in total. The molecule has 2 unspecified atom stereocenters. The van der Waals surface area contributed by atoms with Crippen molar-refractivity contribution < 1.29 is 4.79 Å². The van der Waals surface area contributed by atoms with Gasteiger partial charge in [-0.05, 0) is 25.2 Å². The molecule has 0 radical (unpaired) electrons. The van der Waals surface area contributed by atoms with E-state index in [9.17, 15) is 4.79 Å². The summed E-state index contributed by atoms with van der Waals surface area (Å²) in [5, 5.41) is 3.84. The molecule has 1 saturated carbocycles. The monoisotopic (exact) mass is 266 g/mol.